The first-order valence-corrected chi connectivity index (χ1v) is 6.87. The Morgan fingerprint density at radius 3 is 2.35 bits per heavy atom. The summed E-state index contributed by atoms with van der Waals surface area (Å²) in [6, 6.07) is 3.80. The second-order valence-corrected chi connectivity index (χ2v) is 5.64. The molecule has 8 heteroatoms. The third-order valence-electron chi connectivity index (χ3n) is 2.63. The van der Waals surface area contributed by atoms with Crippen molar-refractivity contribution < 1.29 is 8.78 Å². The number of imidazole rings is 1. The maximum Gasteiger partial charge on any atom is 0.179 e. The van der Waals surface area contributed by atoms with Gasteiger partial charge in [-0.3, -0.25) is 0 Å². The van der Waals surface area contributed by atoms with Crippen LogP contribution in [0, 0.1) is 11.6 Å². The van der Waals surface area contributed by atoms with Gasteiger partial charge in [-0.2, -0.15) is 0 Å². The van der Waals surface area contributed by atoms with Gasteiger partial charge in [0, 0.05) is 4.47 Å². The van der Waals surface area contributed by atoms with Crippen LogP contribution in [0.3, 0.4) is 0 Å². The molecule has 0 aliphatic heterocycles. The quantitative estimate of drug-likeness (QED) is 0.607. The topological polar surface area (TPSA) is 41.6 Å². The van der Waals surface area contributed by atoms with Crippen molar-refractivity contribution in [3.8, 4) is 11.4 Å². The highest BCUT2D eigenvalue weighted by molar-refractivity contribution is 9.10. The number of benzene rings is 1. The number of halogens is 5. The van der Waals surface area contributed by atoms with Crippen molar-refractivity contribution in [2.45, 2.75) is 0 Å². The van der Waals surface area contributed by atoms with Gasteiger partial charge in [0.05, 0.1) is 16.1 Å². The molecule has 0 radical (unpaired) electrons. The van der Waals surface area contributed by atoms with E-state index in [4.69, 9.17) is 23.2 Å². The van der Waals surface area contributed by atoms with E-state index >= 15 is 0 Å². The largest absolute Gasteiger partial charge is 0.336 e. The molecule has 102 valence electrons. The van der Waals surface area contributed by atoms with Crippen molar-refractivity contribution in [3.63, 3.8) is 0 Å². The molecule has 0 bridgehead atoms. The molecule has 3 aromatic rings. The van der Waals surface area contributed by atoms with Gasteiger partial charge >= 0.3 is 0 Å². The molecule has 0 aliphatic carbocycles. The maximum atomic E-state index is 13.9. The minimum Gasteiger partial charge on any atom is -0.336 e. The number of rotatable bonds is 1. The fourth-order valence-corrected chi connectivity index (χ4v) is 2.47. The normalized spacial score (nSPS) is 11.2. The molecule has 0 saturated carbocycles. The van der Waals surface area contributed by atoms with Gasteiger partial charge in [0.1, 0.15) is 22.6 Å². The van der Waals surface area contributed by atoms with Gasteiger partial charge in [0.2, 0.25) is 0 Å². The molecule has 20 heavy (non-hydrogen) atoms. The molecule has 0 unspecified atom stereocenters. The number of hydrogen-bond donors (Lipinski definition) is 1. The molecule has 0 amide bonds. The first-order chi connectivity index (χ1) is 9.45. The highest BCUT2D eigenvalue weighted by Crippen LogP contribution is 2.30. The van der Waals surface area contributed by atoms with E-state index in [9.17, 15) is 8.78 Å². The summed E-state index contributed by atoms with van der Waals surface area (Å²) in [6.07, 6.45) is 0. The smallest absolute Gasteiger partial charge is 0.179 e. The first kappa shape index (κ1) is 13.7. The zero-order valence-corrected chi connectivity index (χ0v) is 12.6. The summed E-state index contributed by atoms with van der Waals surface area (Å²) < 4.78 is 28.1. The summed E-state index contributed by atoms with van der Waals surface area (Å²) in [4.78, 5) is 10.7. The fourth-order valence-electron chi connectivity index (χ4n) is 1.78. The number of nitrogens with zero attached hydrogens (tertiary/aromatic N) is 2. The van der Waals surface area contributed by atoms with Crippen molar-refractivity contribution in [1.82, 2.24) is 15.0 Å². The Balaban J connectivity index is 2.25. The van der Waals surface area contributed by atoms with Gasteiger partial charge in [-0.25, -0.2) is 18.7 Å². The molecule has 1 aromatic carbocycles. The van der Waals surface area contributed by atoms with Gasteiger partial charge in [-0.1, -0.05) is 39.1 Å². The van der Waals surface area contributed by atoms with E-state index in [1.165, 1.54) is 6.07 Å². The summed E-state index contributed by atoms with van der Waals surface area (Å²) in [5.41, 5.74) is 0.408. The standard InChI is InChI=1S/C12H4BrCl2F2N3/c13-4-1-6(16)9(7(17)2-4)12-18-8-3-5(14)10(15)19-11(8)20-12/h1-3H,(H,18,19,20). The van der Waals surface area contributed by atoms with Gasteiger partial charge in [-0.05, 0) is 18.2 Å². The summed E-state index contributed by atoms with van der Waals surface area (Å²) in [6.45, 7) is 0. The highest BCUT2D eigenvalue weighted by atomic mass is 79.9. The van der Waals surface area contributed by atoms with Crippen LogP contribution in [0.1, 0.15) is 0 Å². The molecule has 3 nitrogen and oxygen atoms in total. The van der Waals surface area contributed by atoms with Gasteiger partial charge in [0.15, 0.2) is 5.65 Å². The van der Waals surface area contributed by atoms with E-state index < -0.39 is 11.6 Å². The second-order valence-electron chi connectivity index (χ2n) is 3.96. The summed E-state index contributed by atoms with van der Waals surface area (Å²) >= 11 is 14.6. The monoisotopic (exact) mass is 377 g/mol. The Morgan fingerprint density at radius 1 is 1.05 bits per heavy atom. The molecule has 0 saturated heterocycles. The minimum atomic E-state index is -0.742. The van der Waals surface area contributed by atoms with Crippen molar-refractivity contribution in [1.29, 1.82) is 0 Å². The minimum absolute atomic E-state index is 0.0216. The highest BCUT2D eigenvalue weighted by Gasteiger charge is 2.17. The molecule has 2 heterocycles. The summed E-state index contributed by atoms with van der Waals surface area (Å²) in [7, 11) is 0. The lowest BCUT2D eigenvalue weighted by atomic mass is 10.2. The molecule has 1 N–H and O–H groups in total. The van der Waals surface area contributed by atoms with E-state index in [2.05, 4.69) is 30.9 Å². The predicted octanol–water partition coefficient (Wildman–Crippen LogP) is 4.97. The lowest BCUT2D eigenvalue weighted by molar-refractivity contribution is 0.586. The van der Waals surface area contributed by atoms with Crippen LogP contribution in [0.4, 0.5) is 8.78 Å². The molecule has 0 atom stereocenters. The Bertz CT molecular complexity index is 773. The number of aromatic amines is 1. The maximum absolute atomic E-state index is 13.9. The molecule has 2 aromatic heterocycles. The molecule has 0 fully saturated rings. The Hall–Kier alpha value is -1.24. The SMILES string of the molecule is Fc1cc(Br)cc(F)c1-c1nc2nc(Cl)c(Cl)cc2[nH]1. The van der Waals surface area contributed by atoms with Crippen LogP contribution in [0.5, 0.6) is 0 Å². The summed E-state index contributed by atoms with van der Waals surface area (Å²) in [5, 5.41) is 0.306. The number of hydrogen-bond acceptors (Lipinski definition) is 2. The number of pyridine rings is 1. The third kappa shape index (κ3) is 2.28. The third-order valence-corrected chi connectivity index (χ3v) is 3.76. The molecule has 0 spiro atoms. The van der Waals surface area contributed by atoms with Crippen LogP contribution in [0.15, 0.2) is 22.7 Å². The van der Waals surface area contributed by atoms with E-state index in [1.807, 2.05) is 0 Å². The molecule has 0 aliphatic rings. The van der Waals surface area contributed by atoms with Crippen LogP contribution in [-0.4, -0.2) is 15.0 Å². The van der Waals surface area contributed by atoms with Crippen molar-refractivity contribution in [2.75, 3.05) is 0 Å². The number of fused-ring (bicyclic) bond motifs is 1. The van der Waals surface area contributed by atoms with E-state index in [0.29, 0.717) is 9.99 Å². The second kappa shape index (κ2) is 4.95. The van der Waals surface area contributed by atoms with Crippen LogP contribution >= 0.6 is 39.1 Å². The molecular weight excluding hydrogens is 375 g/mol. The van der Waals surface area contributed by atoms with Crippen molar-refractivity contribution >= 4 is 50.3 Å². The average molecular weight is 379 g/mol. The van der Waals surface area contributed by atoms with Gasteiger partial charge in [-0.15, -0.1) is 0 Å². The lowest BCUT2D eigenvalue weighted by Crippen LogP contribution is -1.92. The number of aromatic nitrogens is 3. The Kier molecular flexibility index (Phi) is 3.40. The van der Waals surface area contributed by atoms with Crippen molar-refractivity contribution in [3.05, 3.63) is 44.5 Å². The molecular formula is C12H4BrCl2F2N3. The summed E-state index contributed by atoms with van der Waals surface area (Å²) in [5.74, 6) is -1.46. The van der Waals surface area contributed by atoms with Crippen LogP contribution in [0.2, 0.25) is 10.2 Å². The average Bonchev–Trinajstić information content (AvgIpc) is 2.70. The zero-order valence-electron chi connectivity index (χ0n) is 9.52. The van der Waals surface area contributed by atoms with Crippen LogP contribution < -0.4 is 0 Å². The van der Waals surface area contributed by atoms with Crippen molar-refractivity contribution in [2.24, 2.45) is 0 Å². The van der Waals surface area contributed by atoms with E-state index in [0.717, 1.165) is 12.1 Å². The van der Waals surface area contributed by atoms with Crippen LogP contribution in [0.25, 0.3) is 22.6 Å². The fraction of sp³-hybridized carbons (Fsp3) is 0. The van der Waals surface area contributed by atoms with Crippen LogP contribution in [-0.2, 0) is 0 Å². The Labute approximate surface area is 130 Å². The van der Waals surface area contributed by atoms with Gasteiger partial charge in [0.25, 0.3) is 0 Å². The number of H-pyrrole nitrogens is 1. The number of nitrogens with one attached hydrogen (secondary N) is 1. The van der Waals surface area contributed by atoms with E-state index in [-0.39, 0.29) is 27.2 Å². The lowest BCUT2D eigenvalue weighted by Gasteiger charge is -2.02. The molecule has 3 rings (SSSR count). The van der Waals surface area contributed by atoms with E-state index in [1.54, 1.807) is 0 Å². The first-order valence-electron chi connectivity index (χ1n) is 5.32. The zero-order chi connectivity index (χ0) is 14.4. The Morgan fingerprint density at radius 2 is 1.70 bits per heavy atom. The van der Waals surface area contributed by atoms with Gasteiger partial charge < -0.3 is 4.98 Å². The predicted molar refractivity (Wildman–Crippen MR) is 77.0 cm³/mol.